The third-order valence-electron chi connectivity index (χ3n) is 2.74. The third kappa shape index (κ3) is 1.59. The molecule has 1 heterocycles. The van der Waals surface area contributed by atoms with Crippen molar-refractivity contribution >= 4 is 0 Å². The molecule has 70 valence electrons. The van der Waals surface area contributed by atoms with Gasteiger partial charge in [-0.15, -0.1) is 0 Å². The number of nitrogens with zero attached hydrogens (tertiary/aromatic N) is 1. The molecule has 1 atom stereocenters. The first kappa shape index (κ1) is 8.70. The summed E-state index contributed by atoms with van der Waals surface area (Å²) in [4.78, 5) is 4.39. The molecule has 0 spiro atoms. The number of hydrogen-bond acceptors (Lipinski definition) is 2. The van der Waals surface area contributed by atoms with Crippen LogP contribution in [0.2, 0.25) is 0 Å². The average Bonchev–Trinajstić information content (AvgIpc) is 2.02. The zero-order chi connectivity index (χ0) is 9.47. The maximum absolute atomic E-state index is 6.08. The van der Waals surface area contributed by atoms with Crippen LogP contribution in [0.5, 0.6) is 0 Å². The lowest BCUT2D eigenvalue weighted by Gasteiger charge is -2.34. The Balaban J connectivity index is 2.43. The standard InChI is InChI=1S/C11H16N2/c1-11(2)6-9(12)8-4-3-5-13-10(8)7-11/h3-5,9H,6-7,12H2,1-2H3/t9-/m1/s1. The van der Waals surface area contributed by atoms with Gasteiger partial charge in [0.25, 0.3) is 0 Å². The van der Waals surface area contributed by atoms with E-state index in [1.54, 1.807) is 0 Å². The lowest BCUT2D eigenvalue weighted by Crippen LogP contribution is -2.30. The van der Waals surface area contributed by atoms with Gasteiger partial charge in [-0.25, -0.2) is 0 Å². The van der Waals surface area contributed by atoms with Gasteiger partial charge >= 0.3 is 0 Å². The molecule has 2 N–H and O–H groups in total. The summed E-state index contributed by atoms with van der Waals surface area (Å²) in [6, 6.07) is 4.24. The van der Waals surface area contributed by atoms with Crippen molar-refractivity contribution in [1.29, 1.82) is 0 Å². The van der Waals surface area contributed by atoms with E-state index in [0.29, 0.717) is 5.41 Å². The summed E-state index contributed by atoms with van der Waals surface area (Å²) in [5.41, 5.74) is 8.81. The SMILES string of the molecule is CC1(C)Cc2ncccc2[C@H](N)C1. The Morgan fingerprint density at radius 3 is 3.08 bits per heavy atom. The van der Waals surface area contributed by atoms with Crippen molar-refractivity contribution in [2.24, 2.45) is 11.1 Å². The molecule has 0 saturated carbocycles. The van der Waals surface area contributed by atoms with E-state index >= 15 is 0 Å². The number of rotatable bonds is 0. The molecule has 13 heavy (non-hydrogen) atoms. The monoisotopic (exact) mass is 176 g/mol. The highest BCUT2D eigenvalue weighted by molar-refractivity contribution is 5.27. The molecule has 0 aliphatic heterocycles. The summed E-state index contributed by atoms with van der Waals surface area (Å²) in [6.45, 7) is 4.51. The highest BCUT2D eigenvalue weighted by Crippen LogP contribution is 2.38. The van der Waals surface area contributed by atoms with E-state index in [2.05, 4.69) is 24.9 Å². The van der Waals surface area contributed by atoms with Gasteiger partial charge in [-0.1, -0.05) is 19.9 Å². The van der Waals surface area contributed by atoms with Crippen molar-refractivity contribution in [2.45, 2.75) is 32.7 Å². The van der Waals surface area contributed by atoms with Crippen LogP contribution in [-0.4, -0.2) is 4.98 Å². The van der Waals surface area contributed by atoms with Crippen LogP contribution in [0.15, 0.2) is 18.3 Å². The first-order chi connectivity index (χ1) is 6.08. The number of nitrogens with two attached hydrogens (primary N) is 1. The second kappa shape index (κ2) is 2.81. The van der Waals surface area contributed by atoms with E-state index in [1.807, 2.05) is 12.3 Å². The van der Waals surface area contributed by atoms with Gasteiger partial charge in [-0.3, -0.25) is 4.98 Å². The van der Waals surface area contributed by atoms with E-state index in [-0.39, 0.29) is 6.04 Å². The van der Waals surface area contributed by atoms with E-state index < -0.39 is 0 Å². The minimum absolute atomic E-state index is 0.174. The molecule has 0 bridgehead atoms. The van der Waals surface area contributed by atoms with E-state index in [0.717, 1.165) is 12.8 Å². The predicted molar refractivity (Wildman–Crippen MR) is 53.3 cm³/mol. The molecule has 0 saturated heterocycles. The molecule has 2 rings (SSSR count). The minimum atomic E-state index is 0.174. The van der Waals surface area contributed by atoms with E-state index in [9.17, 15) is 0 Å². The van der Waals surface area contributed by atoms with Gasteiger partial charge in [0, 0.05) is 17.9 Å². The van der Waals surface area contributed by atoms with Gasteiger partial charge < -0.3 is 5.73 Å². The zero-order valence-corrected chi connectivity index (χ0v) is 8.25. The summed E-state index contributed by atoms with van der Waals surface area (Å²) in [6.07, 6.45) is 3.97. The fraction of sp³-hybridized carbons (Fsp3) is 0.545. The number of hydrogen-bond donors (Lipinski definition) is 1. The molecule has 2 nitrogen and oxygen atoms in total. The molecule has 1 aromatic rings. The van der Waals surface area contributed by atoms with Gasteiger partial charge in [0.1, 0.15) is 0 Å². The van der Waals surface area contributed by atoms with Gasteiger partial charge in [0.15, 0.2) is 0 Å². The van der Waals surface area contributed by atoms with Crippen LogP contribution in [0.4, 0.5) is 0 Å². The van der Waals surface area contributed by atoms with Crippen LogP contribution in [-0.2, 0) is 6.42 Å². The molecule has 0 aromatic carbocycles. The summed E-state index contributed by atoms with van der Waals surface area (Å²) in [7, 11) is 0. The summed E-state index contributed by atoms with van der Waals surface area (Å²) >= 11 is 0. The molecular weight excluding hydrogens is 160 g/mol. The van der Waals surface area contributed by atoms with Crippen molar-refractivity contribution in [1.82, 2.24) is 4.98 Å². The van der Waals surface area contributed by atoms with Crippen LogP contribution < -0.4 is 5.73 Å². The van der Waals surface area contributed by atoms with Gasteiger partial charge in [-0.05, 0) is 29.9 Å². The average molecular weight is 176 g/mol. The Labute approximate surface area is 79.2 Å². The highest BCUT2D eigenvalue weighted by atomic mass is 14.7. The lowest BCUT2D eigenvalue weighted by molar-refractivity contribution is 0.279. The first-order valence-corrected chi connectivity index (χ1v) is 4.78. The second-order valence-corrected chi connectivity index (χ2v) is 4.69. The summed E-state index contributed by atoms with van der Waals surface area (Å²) < 4.78 is 0. The van der Waals surface area contributed by atoms with Crippen LogP contribution in [0.3, 0.4) is 0 Å². The van der Waals surface area contributed by atoms with Crippen molar-refractivity contribution in [3.63, 3.8) is 0 Å². The zero-order valence-electron chi connectivity index (χ0n) is 8.25. The van der Waals surface area contributed by atoms with Gasteiger partial charge in [0.05, 0.1) is 0 Å². The topological polar surface area (TPSA) is 38.9 Å². The Morgan fingerprint density at radius 2 is 2.31 bits per heavy atom. The van der Waals surface area contributed by atoms with Crippen LogP contribution in [0.1, 0.15) is 37.6 Å². The quantitative estimate of drug-likeness (QED) is 0.657. The maximum Gasteiger partial charge on any atom is 0.0456 e. The molecule has 0 fully saturated rings. The Bertz CT molecular complexity index is 318. The molecule has 1 aliphatic carbocycles. The van der Waals surface area contributed by atoms with Crippen LogP contribution >= 0.6 is 0 Å². The summed E-state index contributed by atoms with van der Waals surface area (Å²) in [5, 5.41) is 0. The first-order valence-electron chi connectivity index (χ1n) is 4.78. The van der Waals surface area contributed by atoms with Crippen LogP contribution in [0, 0.1) is 5.41 Å². The maximum atomic E-state index is 6.08. The number of aromatic nitrogens is 1. The molecular formula is C11H16N2. The van der Waals surface area contributed by atoms with Crippen molar-refractivity contribution in [3.05, 3.63) is 29.6 Å². The van der Waals surface area contributed by atoms with Crippen molar-refractivity contribution in [2.75, 3.05) is 0 Å². The molecule has 0 amide bonds. The number of fused-ring (bicyclic) bond motifs is 1. The highest BCUT2D eigenvalue weighted by Gasteiger charge is 2.30. The largest absolute Gasteiger partial charge is 0.324 e. The van der Waals surface area contributed by atoms with E-state index in [4.69, 9.17) is 5.73 Å². The van der Waals surface area contributed by atoms with Crippen molar-refractivity contribution < 1.29 is 0 Å². The Hall–Kier alpha value is -0.890. The fourth-order valence-electron chi connectivity index (χ4n) is 2.17. The Kier molecular flexibility index (Phi) is 1.88. The van der Waals surface area contributed by atoms with Crippen molar-refractivity contribution in [3.8, 4) is 0 Å². The smallest absolute Gasteiger partial charge is 0.0456 e. The molecule has 0 radical (unpaired) electrons. The molecule has 2 heteroatoms. The van der Waals surface area contributed by atoms with Crippen LogP contribution in [0.25, 0.3) is 0 Å². The number of pyridine rings is 1. The second-order valence-electron chi connectivity index (χ2n) is 4.69. The molecule has 1 aromatic heterocycles. The lowest BCUT2D eigenvalue weighted by atomic mass is 9.74. The minimum Gasteiger partial charge on any atom is -0.324 e. The fourth-order valence-corrected chi connectivity index (χ4v) is 2.17. The van der Waals surface area contributed by atoms with E-state index in [1.165, 1.54) is 11.3 Å². The predicted octanol–water partition coefficient (Wildman–Crippen LogP) is 2.05. The Morgan fingerprint density at radius 1 is 1.54 bits per heavy atom. The molecule has 1 aliphatic rings. The normalized spacial score (nSPS) is 25.3. The van der Waals surface area contributed by atoms with Gasteiger partial charge in [0.2, 0.25) is 0 Å². The summed E-state index contributed by atoms with van der Waals surface area (Å²) in [5.74, 6) is 0. The third-order valence-corrected chi connectivity index (χ3v) is 2.74. The van der Waals surface area contributed by atoms with Gasteiger partial charge in [-0.2, -0.15) is 0 Å². The molecule has 0 unspecified atom stereocenters.